The number of hydrogen-bond donors (Lipinski definition) is 0. The van der Waals surface area contributed by atoms with Crippen LogP contribution in [0.5, 0.6) is 0 Å². The smallest absolute Gasteiger partial charge is 0.324 e. The third kappa shape index (κ3) is 2.16. The Morgan fingerprint density at radius 2 is 1.79 bits per heavy atom. The van der Waals surface area contributed by atoms with E-state index in [2.05, 4.69) is 4.98 Å². The van der Waals surface area contributed by atoms with Crippen LogP contribution in [0.15, 0.2) is 15.9 Å². The van der Waals surface area contributed by atoms with E-state index in [9.17, 15) is 14.8 Å². The van der Waals surface area contributed by atoms with Crippen molar-refractivity contribution in [1.82, 2.24) is 23.7 Å². The van der Waals surface area contributed by atoms with Gasteiger partial charge in [0.2, 0.25) is 0 Å². The summed E-state index contributed by atoms with van der Waals surface area (Å²) in [4.78, 5) is 28.8. The standard InChI is InChI=1S/C16H24N5O3/c1-15(2)7-10(16(3,4)21(15)24)8-20-9-17-12-11(20)13(22)19(6)14(23)18(12)5/h9-10H,7-8H2,1-6H3. The quantitative estimate of drug-likeness (QED) is 0.807. The van der Waals surface area contributed by atoms with E-state index in [1.54, 1.807) is 17.9 Å². The fourth-order valence-corrected chi connectivity index (χ4v) is 3.94. The Kier molecular flexibility index (Phi) is 3.55. The van der Waals surface area contributed by atoms with Gasteiger partial charge < -0.3 is 4.57 Å². The number of hydroxylamine groups is 2. The van der Waals surface area contributed by atoms with Crippen LogP contribution in [0, 0.1) is 5.92 Å². The molecule has 3 rings (SSSR count). The van der Waals surface area contributed by atoms with E-state index in [4.69, 9.17) is 0 Å². The molecular formula is C16H24N5O3. The second-order valence-electron chi connectivity index (χ2n) is 7.94. The highest BCUT2D eigenvalue weighted by Crippen LogP contribution is 2.44. The van der Waals surface area contributed by atoms with Crippen LogP contribution < -0.4 is 11.2 Å². The van der Waals surface area contributed by atoms with E-state index in [0.29, 0.717) is 17.7 Å². The lowest BCUT2D eigenvalue weighted by atomic mass is 9.87. The summed E-state index contributed by atoms with van der Waals surface area (Å²) in [5, 5.41) is 13.7. The molecule has 8 nitrogen and oxygen atoms in total. The van der Waals surface area contributed by atoms with Crippen LogP contribution >= 0.6 is 0 Å². The fraction of sp³-hybridized carbons (Fsp3) is 0.688. The Morgan fingerprint density at radius 3 is 2.33 bits per heavy atom. The van der Waals surface area contributed by atoms with E-state index < -0.39 is 16.8 Å². The number of fused-ring (bicyclic) bond motifs is 1. The van der Waals surface area contributed by atoms with Gasteiger partial charge in [0.25, 0.3) is 5.56 Å². The molecule has 131 valence electrons. The van der Waals surface area contributed by atoms with Crippen molar-refractivity contribution in [2.24, 2.45) is 20.0 Å². The number of hydrogen-bond acceptors (Lipinski definition) is 4. The van der Waals surface area contributed by atoms with Gasteiger partial charge in [0.15, 0.2) is 11.2 Å². The summed E-state index contributed by atoms with van der Waals surface area (Å²) in [5.41, 5.74) is -0.964. The molecule has 1 saturated heterocycles. The SMILES string of the molecule is Cn1c(=O)c2c(ncn2CC2CC(C)(C)N([O])C2(C)C)n(C)c1=O. The summed E-state index contributed by atoms with van der Waals surface area (Å²) in [6.45, 7) is 8.27. The summed E-state index contributed by atoms with van der Waals surface area (Å²) < 4.78 is 4.24. The molecule has 1 fully saturated rings. The third-order valence-corrected chi connectivity index (χ3v) is 5.45. The Morgan fingerprint density at radius 1 is 1.17 bits per heavy atom. The first kappa shape index (κ1) is 16.9. The van der Waals surface area contributed by atoms with Crippen LogP contribution in [0.2, 0.25) is 0 Å². The van der Waals surface area contributed by atoms with E-state index in [0.717, 1.165) is 16.1 Å². The molecule has 0 N–H and O–H groups in total. The summed E-state index contributed by atoms with van der Waals surface area (Å²) in [5.74, 6) is 0.0735. The van der Waals surface area contributed by atoms with E-state index in [1.807, 2.05) is 27.7 Å². The van der Waals surface area contributed by atoms with Crippen LogP contribution in [-0.4, -0.2) is 34.8 Å². The summed E-state index contributed by atoms with van der Waals surface area (Å²) in [6.07, 6.45) is 2.32. The van der Waals surface area contributed by atoms with Crippen molar-refractivity contribution in [3.05, 3.63) is 27.2 Å². The van der Waals surface area contributed by atoms with Crippen molar-refractivity contribution in [2.45, 2.75) is 51.7 Å². The van der Waals surface area contributed by atoms with Crippen molar-refractivity contribution < 1.29 is 5.21 Å². The molecule has 0 spiro atoms. The molecule has 1 aliphatic rings. The van der Waals surface area contributed by atoms with Gasteiger partial charge in [0, 0.05) is 31.7 Å². The number of imidazole rings is 1. The lowest BCUT2D eigenvalue weighted by Gasteiger charge is -2.33. The Bertz CT molecular complexity index is 918. The Hall–Kier alpha value is -1.93. The highest BCUT2D eigenvalue weighted by Gasteiger charge is 2.52. The highest BCUT2D eigenvalue weighted by molar-refractivity contribution is 5.69. The number of aromatic nitrogens is 4. The van der Waals surface area contributed by atoms with E-state index in [-0.39, 0.29) is 11.5 Å². The van der Waals surface area contributed by atoms with Crippen LogP contribution in [0.25, 0.3) is 11.2 Å². The van der Waals surface area contributed by atoms with Gasteiger partial charge in [0.1, 0.15) is 0 Å². The van der Waals surface area contributed by atoms with Crippen molar-refractivity contribution in [3.8, 4) is 0 Å². The van der Waals surface area contributed by atoms with Crippen molar-refractivity contribution in [2.75, 3.05) is 0 Å². The number of rotatable bonds is 2. The third-order valence-electron chi connectivity index (χ3n) is 5.45. The van der Waals surface area contributed by atoms with Gasteiger partial charge in [-0.15, -0.1) is 10.3 Å². The van der Waals surface area contributed by atoms with Gasteiger partial charge in [-0.2, -0.15) is 0 Å². The van der Waals surface area contributed by atoms with Gasteiger partial charge in [-0.3, -0.25) is 13.9 Å². The van der Waals surface area contributed by atoms with Gasteiger partial charge >= 0.3 is 5.69 Å². The first-order chi connectivity index (χ1) is 11.0. The molecule has 0 aromatic carbocycles. The number of aryl methyl sites for hydroxylation is 1. The molecule has 1 atom stereocenters. The van der Waals surface area contributed by atoms with Crippen molar-refractivity contribution in [3.63, 3.8) is 0 Å². The van der Waals surface area contributed by atoms with Gasteiger partial charge in [0.05, 0.1) is 6.33 Å². The van der Waals surface area contributed by atoms with Gasteiger partial charge in [-0.1, -0.05) is 0 Å². The summed E-state index contributed by atoms with van der Waals surface area (Å²) in [7, 11) is 3.06. The van der Waals surface area contributed by atoms with Crippen molar-refractivity contribution in [1.29, 1.82) is 0 Å². The van der Waals surface area contributed by atoms with Gasteiger partial charge in [-0.25, -0.2) is 9.78 Å². The van der Waals surface area contributed by atoms with Crippen LogP contribution in [0.3, 0.4) is 0 Å². The maximum absolute atomic E-state index is 12.6. The average Bonchev–Trinajstić information content (AvgIpc) is 2.98. The van der Waals surface area contributed by atoms with E-state index >= 15 is 0 Å². The minimum atomic E-state index is -0.536. The summed E-state index contributed by atoms with van der Waals surface area (Å²) >= 11 is 0. The average molecular weight is 334 g/mol. The molecular weight excluding hydrogens is 310 g/mol. The maximum Gasteiger partial charge on any atom is 0.332 e. The minimum absolute atomic E-state index is 0.0735. The predicted molar refractivity (Wildman–Crippen MR) is 89.0 cm³/mol. The lowest BCUT2D eigenvalue weighted by Crippen LogP contribution is -2.46. The molecule has 1 unspecified atom stereocenters. The Balaban J connectivity index is 2.10. The molecule has 0 saturated carbocycles. The molecule has 1 radical (unpaired) electrons. The molecule has 3 heterocycles. The molecule has 2 aromatic rings. The zero-order valence-corrected chi connectivity index (χ0v) is 15.0. The first-order valence-electron chi connectivity index (χ1n) is 8.07. The second-order valence-corrected chi connectivity index (χ2v) is 7.94. The van der Waals surface area contributed by atoms with Crippen molar-refractivity contribution >= 4 is 11.2 Å². The Labute approximate surface area is 139 Å². The van der Waals surface area contributed by atoms with E-state index in [1.165, 1.54) is 11.6 Å². The predicted octanol–water partition coefficient (Wildman–Crippen LogP) is 0.658. The summed E-state index contributed by atoms with van der Waals surface area (Å²) in [6, 6.07) is 0. The second kappa shape index (κ2) is 5.03. The molecule has 1 aliphatic heterocycles. The molecule has 0 aliphatic carbocycles. The topological polar surface area (TPSA) is 85.0 Å². The fourth-order valence-electron chi connectivity index (χ4n) is 3.94. The maximum atomic E-state index is 12.6. The zero-order chi connectivity index (χ0) is 18.0. The van der Waals surface area contributed by atoms with Gasteiger partial charge in [-0.05, 0) is 40.0 Å². The molecule has 0 amide bonds. The largest absolute Gasteiger partial charge is 0.332 e. The lowest BCUT2D eigenvalue weighted by molar-refractivity contribution is -0.248. The molecule has 0 bridgehead atoms. The highest BCUT2D eigenvalue weighted by atomic mass is 16.5. The zero-order valence-electron chi connectivity index (χ0n) is 15.0. The molecule has 2 aromatic heterocycles. The molecule has 24 heavy (non-hydrogen) atoms. The van der Waals surface area contributed by atoms with Crippen LogP contribution in [0.4, 0.5) is 0 Å². The normalized spacial score (nSPS) is 23.2. The number of nitrogens with zero attached hydrogens (tertiary/aromatic N) is 5. The minimum Gasteiger partial charge on any atom is -0.324 e. The monoisotopic (exact) mass is 334 g/mol. The van der Waals surface area contributed by atoms with Crippen LogP contribution in [0.1, 0.15) is 34.1 Å². The molecule has 8 heteroatoms. The first-order valence-corrected chi connectivity index (χ1v) is 8.07. The van der Waals surface area contributed by atoms with Crippen LogP contribution in [-0.2, 0) is 25.8 Å².